The summed E-state index contributed by atoms with van der Waals surface area (Å²) in [5.41, 5.74) is 0.557. The van der Waals surface area contributed by atoms with E-state index in [2.05, 4.69) is 4.90 Å². The Kier molecular flexibility index (Phi) is 3.80. The molecule has 1 atom stereocenters. The molecule has 0 aliphatic carbocycles. The van der Waals surface area contributed by atoms with Crippen molar-refractivity contribution in [2.24, 2.45) is 0 Å². The lowest BCUT2D eigenvalue weighted by Gasteiger charge is -2.26. The third kappa shape index (κ3) is 2.63. The molecule has 7 heteroatoms. The summed E-state index contributed by atoms with van der Waals surface area (Å²) in [5.74, 6) is -1.03. The zero-order chi connectivity index (χ0) is 16.0. The Bertz CT molecular complexity index is 636. The van der Waals surface area contributed by atoms with Gasteiger partial charge in [-0.2, -0.15) is 0 Å². The molecular weight excluding hydrogens is 323 g/mol. The highest BCUT2D eigenvalue weighted by atomic mass is 35.5. The number of ether oxygens (including phenoxy) is 2. The summed E-state index contributed by atoms with van der Waals surface area (Å²) in [6.07, 6.45) is 1.51. The molecule has 1 aromatic rings. The summed E-state index contributed by atoms with van der Waals surface area (Å²) in [4.78, 5) is 16.5. The van der Waals surface area contributed by atoms with Crippen molar-refractivity contribution >= 4 is 23.2 Å². The molecule has 5 nitrogen and oxygen atoms in total. The minimum atomic E-state index is -0.528. The molecule has 3 saturated heterocycles. The number of amides is 1. The number of carbonyl (C=O) groups is 1. The van der Waals surface area contributed by atoms with E-state index in [1.165, 1.54) is 12.1 Å². The molecule has 0 saturated carbocycles. The van der Waals surface area contributed by atoms with Crippen molar-refractivity contribution in [3.05, 3.63) is 29.0 Å². The smallest absolute Gasteiger partial charge is 0.244 e. The molecule has 0 aromatic heterocycles. The highest BCUT2D eigenvalue weighted by Crippen LogP contribution is 2.34. The molecule has 124 valence electrons. The van der Waals surface area contributed by atoms with Crippen LogP contribution in [-0.2, 0) is 14.3 Å². The second-order valence-corrected chi connectivity index (χ2v) is 6.63. The van der Waals surface area contributed by atoms with Crippen LogP contribution in [0, 0.1) is 5.82 Å². The van der Waals surface area contributed by atoms with Crippen molar-refractivity contribution in [2.75, 3.05) is 37.7 Å². The summed E-state index contributed by atoms with van der Waals surface area (Å²) in [5, 5.41) is 0.0639. The van der Waals surface area contributed by atoms with Crippen LogP contribution in [0.15, 0.2) is 18.2 Å². The third-order valence-electron chi connectivity index (χ3n) is 4.87. The fourth-order valence-corrected chi connectivity index (χ4v) is 3.81. The number of hydrogen-bond donors (Lipinski definition) is 0. The van der Waals surface area contributed by atoms with E-state index < -0.39 is 11.6 Å². The minimum Gasteiger partial charge on any atom is -0.346 e. The summed E-state index contributed by atoms with van der Waals surface area (Å²) in [6.45, 7) is 3.20. The zero-order valence-electron chi connectivity index (χ0n) is 12.6. The highest BCUT2D eigenvalue weighted by Gasteiger charge is 2.48. The van der Waals surface area contributed by atoms with Crippen LogP contribution < -0.4 is 4.90 Å². The molecule has 1 amide bonds. The van der Waals surface area contributed by atoms with Gasteiger partial charge in [0.1, 0.15) is 5.82 Å². The van der Waals surface area contributed by atoms with E-state index in [0.29, 0.717) is 32.0 Å². The topological polar surface area (TPSA) is 42.0 Å². The number of carbonyl (C=O) groups excluding carboxylic acids is 1. The lowest BCUT2D eigenvalue weighted by atomic mass is 10.2. The standard InChI is InChI=1S/C16H18ClFN2O3/c17-12-2-1-11(9-13(12)18)20-5-3-14(15(20)21)19-6-4-16(10-19)22-7-8-23-16/h1-2,9,14H,3-8,10H2/t14-/m0/s1. The molecular formula is C16H18ClFN2O3. The highest BCUT2D eigenvalue weighted by molar-refractivity contribution is 6.30. The van der Waals surface area contributed by atoms with E-state index in [0.717, 1.165) is 19.4 Å². The Hall–Kier alpha value is -1.21. The molecule has 1 aromatic carbocycles. The van der Waals surface area contributed by atoms with Crippen LogP contribution in [-0.4, -0.2) is 55.5 Å². The van der Waals surface area contributed by atoms with Gasteiger partial charge in [-0.25, -0.2) is 4.39 Å². The first kappa shape index (κ1) is 15.3. The van der Waals surface area contributed by atoms with Gasteiger partial charge in [-0.05, 0) is 24.6 Å². The van der Waals surface area contributed by atoms with Crippen LogP contribution >= 0.6 is 11.6 Å². The molecule has 3 fully saturated rings. The Labute approximate surface area is 138 Å². The van der Waals surface area contributed by atoms with Crippen molar-refractivity contribution in [1.82, 2.24) is 4.90 Å². The normalized spacial score (nSPS) is 27.5. The second kappa shape index (κ2) is 5.70. The van der Waals surface area contributed by atoms with Crippen LogP contribution in [0.1, 0.15) is 12.8 Å². The minimum absolute atomic E-state index is 0.00164. The lowest BCUT2D eigenvalue weighted by Crippen LogP contribution is -2.43. The first-order chi connectivity index (χ1) is 11.1. The molecule has 3 aliphatic rings. The average Bonchev–Trinajstić information content (AvgIpc) is 3.24. The van der Waals surface area contributed by atoms with Gasteiger partial charge >= 0.3 is 0 Å². The van der Waals surface area contributed by atoms with Gasteiger partial charge in [-0.1, -0.05) is 11.6 Å². The fraction of sp³-hybridized carbons (Fsp3) is 0.562. The number of nitrogens with zero attached hydrogens (tertiary/aromatic N) is 2. The van der Waals surface area contributed by atoms with Gasteiger partial charge < -0.3 is 14.4 Å². The van der Waals surface area contributed by atoms with Crippen LogP contribution in [0.2, 0.25) is 5.02 Å². The SMILES string of the molecule is O=C1[C@@H](N2CCC3(C2)OCCO3)CCN1c1ccc(Cl)c(F)c1. The van der Waals surface area contributed by atoms with Crippen molar-refractivity contribution in [1.29, 1.82) is 0 Å². The van der Waals surface area contributed by atoms with E-state index in [1.54, 1.807) is 11.0 Å². The largest absolute Gasteiger partial charge is 0.346 e. The number of benzene rings is 1. The molecule has 0 unspecified atom stereocenters. The summed E-state index contributed by atoms with van der Waals surface area (Å²) in [7, 11) is 0. The second-order valence-electron chi connectivity index (χ2n) is 6.22. The van der Waals surface area contributed by atoms with E-state index in [1.807, 2.05) is 0 Å². The predicted octanol–water partition coefficient (Wildman–Crippen LogP) is 2.03. The van der Waals surface area contributed by atoms with Crippen molar-refractivity contribution < 1.29 is 18.7 Å². The molecule has 23 heavy (non-hydrogen) atoms. The van der Waals surface area contributed by atoms with E-state index in [4.69, 9.17) is 21.1 Å². The fourth-order valence-electron chi connectivity index (χ4n) is 3.69. The average molecular weight is 341 g/mol. The van der Waals surface area contributed by atoms with E-state index in [-0.39, 0.29) is 17.0 Å². The summed E-state index contributed by atoms with van der Waals surface area (Å²) < 4.78 is 25.1. The first-order valence-electron chi connectivity index (χ1n) is 7.86. The summed E-state index contributed by atoms with van der Waals surface area (Å²) >= 11 is 5.71. The van der Waals surface area contributed by atoms with Crippen molar-refractivity contribution in [3.8, 4) is 0 Å². The van der Waals surface area contributed by atoms with Crippen LogP contribution in [0.4, 0.5) is 10.1 Å². The monoisotopic (exact) mass is 340 g/mol. The Morgan fingerprint density at radius 2 is 2.04 bits per heavy atom. The van der Waals surface area contributed by atoms with Crippen LogP contribution in [0.25, 0.3) is 0 Å². The first-order valence-corrected chi connectivity index (χ1v) is 8.24. The molecule has 0 radical (unpaired) electrons. The van der Waals surface area contributed by atoms with Crippen molar-refractivity contribution in [3.63, 3.8) is 0 Å². The predicted molar refractivity (Wildman–Crippen MR) is 83.0 cm³/mol. The van der Waals surface area contributed by atoms with Gasteiger partial charge in [0, 0.05) is 25.2 Å². The molecule has 0 N–H and O–H groups in total. The Morgan fingerprint density at radius 1 is 1.26 bits per heavy atom. The maximum Gasteiger partial charge on any atom is 0.244 e. The van der Waals surface area contributed by atoms with Crippen molar-refractivity contribution in [2.45, 2.75) is 24.7 Å². The lowest BCUT2D eigenvalue weighted by molar-refractivity contribution is -0.147. The molecule has 3 heterocycles. The third-order valence-corrected chi connectivity index (χ3v) is 5.18. The molecule has 4 rings (SSSR count). The number of anilines is 1. The van der Waals surface area contributed by atoms with Gasteiger partial charge in [0.15, 0.2) is 5.79 Å². The number of likely N-dealkylation sites (tertiary alicyclic amines) is 1. The molecule has 0 bridgehead atoms. The van der Waals surface area contributed by atoms with Gasteiger partial charge in [0.2, 0.25) is 5.91 Å². The quantitative estimate of drug-likeness (QED) is 0.826. The van der Waals surface area contributed by atoms with E-state index >= 15 is 0 Å². The maximum atomic E-state index is 13.6. The zero-order valence-corrected chi connectivity index (χ0v) is 13.4. The van der Waals surface area contributed by atoms with Crippen LogP contribution in [0.3, 0.4) is 0 Å². The van der Waals surface area contributed by atoms with Gasteiger partial charge in [0.25, 0.3) is 0 Å². The van der Waals surface area contributed by atoms with E-state index in [9.17, 15) is 9.18 Å². The number of hydrogen-bond acceptors (Lipinski definition) is 4. The van der Waals surface area contributed by atoms with Gasteiger partial charge in [-0.15, -0.1) is 0 Å². The molecule has 3 aliphatic heterocycles. The maximum absolute atomic E-state index is 13.6. The van der Waals surface area contributed by atoms with Crippen LogP contribution in [0.5, 0.6) is 0 Å². The number of rotatable bonds is 2. The Balaban J connectivity index is 1.48. The Morgan fingerprint density at radius 3 is 2.78 bits per heavy atom. The summed E-state index contributed by atoms with van der Waals surface area (Å²) in [6, 6.07) is 4.29. The number of halogens is 2. The molecule has 1 spiro atoms. The van der Waals surface area contributed by atoms with Gasteiger partial charge in [0.05, 0.1) is 30.8 Å². The van der Waals surface area contributed by atoms with Gasteiger partial charge in [-0.3, -0.25) is 9.69 Å².